The summed E-state index contributed by atoms with van der Waals surface area (Å²) in [7, 11) is 0. The van der Waals surface area contributed by atoms with Crippen molar-refractivity contribution in [2.24, 2.45) is 0 Å². The van der Waals surface area contributed by atoms with Gasteiger partial charge in [0.15, 0.2) is 0 Å². The van der Waals surface area contributed by atoms with Gasteiger partial charge in [-0.25, -0.2) is 0 Å². The summed E-state index contributed by atoms with van der Waals surface area (Å²) in [4.78, 5) is 4.60. The second-order valence-corrected chi connectivity index (χ2v) is 6.78. The molecule has 124 valence electrons. The molecular formula is C21H25N3. The predicted octanol–water partition coefficient (Wildman–Crippen LogP) is 4.48. The van der Waals surface area contributed by atoms with Crippen LogP contribution in [-0.4, -0.2) is 16.1 Å². The molecule has 3 nitrogen and oxygen atoms in total. The molecule has 0 unspecified atom stereocenters. The summed E-state index contributed by atoms with van der Waals surface area (Å²) in [5, 5.41) is 6.39. The highest BCUT2D eigenvalue weighted by molar-refractivity contribution is 5.81. The Morgan fingerprint density at radius 2 is 1.88 bits per heavy atom. The lowest BCUT2D eigenvalue weighted by Gasteiger charge is -2.25. The van der Waals surface area contributed by atoms with Gasteiger partial charge >= 0.3 is 0 Å². The third kappa shape index (κ3) is 3.36. The third-order valence-corrected chi connectivity index (χ3v) is 5.03. The average Bonchev–Trinajstić information content (AvgIpc) is 3.04. The maximum atomic E-state index is 4.60. The monoisotopic (exact) mass is 319 g/mol. The van der Waals surface area contributed by atoms with Crippen LogP contribution in [0.15, 0.2) is 55.0 Å². The van der Waals surface area contributed by atoms with Crippen molar-refractivity contribution in [3.05, 3.63) is 66.2 Å². The summed E-state index contributed by atoms with van der Waals surface area (Å²) in [6, 6.07) is 13.3. The standard InChI is InChI=1S/C21H25N3/c1-2-8-19-16-24(15-18(19)7-1)14-4-3-12-22-20-11-5-9-17-10-6-13-23-21(17)20/h1-2,6-8,10,13,15-16,20,22H,3-5,9,11-12,14H2/t20-/m1/s1. The molecular weight excluding hydrogens is 294 g/mol. The third-order valence-electron chi connectivity index (χ3n) is 5.03. The van der Waals surface area contributed by atoms with Gasteiger partial charge in [0, 0.05) is 31.2 Å². The fourth-order valence-corrected chi connectivity index (χ4v) is 3.77. The topological polar surface area (TPSA) is 29.9 Å². The number of pyridine rings is 1. The first-order valence-corrected chi connectivity index (χ1v) is 9.12. The summed E-state index contributed by atoms with van der Waals surface area (Å²) in [6.45, 7) is 2.16. The van der Waals surface area contributed by atoms with Gasteiger partial charge in [0.25, 0.3) is 0 Å². The largest absolute Gasteiger partial charge is 0.353 e. The molecule has 1 atom stereocenters. The van der Waals surface area contributed by atoms with Crippen molar-refractivity contribution in [3.8, 4) is 0 Å². The minimum absolute atomic E-state index is 0.448. The Morgan fingerprint density at radius 3 is 2.71 bits per heavy atom. The molecule has 1 aromatic carbocycles. The molecule has 0 amide bonds. The Bertz CT molecular complexity index is 772. The SMILES string of the molecule is c1cnc2c(c1)CCC[C@H]2NCCCCn1cc2ccccc2c1. The van der Waals surface area contributed by atoms with Crippen molar-refractivity contribution in [3.63, 3.8) is 0 Å². The van der Waals surface area contributed by atoms with Crippen molar-refractivity contribution >= 4 is 10.8 Å². The average molecular weight is 319 g/mol. The first kappa shape index (κ1) is 15.4. The second kappa shape index (κ2) is 7.18. The van der Waals surface area contributed by atoms with Gasteiger partial charge in [-0.05, 0) is 61.1 Å². The van der Waals surface area contributed by atoms with Crippen LogP contribution in [-0.2, 0) is 13.0 Å². The normalized spacial score (nSPS) is 17.1. The van der Waals surface area contributed by atoms with Gasteiger partial charge in [-0.15, -0.1) is 0 Å². The van der Waals surface area contributed by atoms with Gasteiger partial charge in [-0.2, -0.15) is 0 Å². The zero-order valence-electron chi connectivity index (χ0n) is 14.1. The molecule has 1 aliphatic carbocycles. The molecule has 3 heteroatoms. The van der Waals surface area contributed by atoms with E-state index in [0.717, 1.165) is 13.1 Å². The number of hydrogen-bond donors (Lipinski definition) is 1. The molecule has 0 spiro atoms. The van der Waals surface area contributed by atoms with E-state index in [2.05, 4.69) is 63.7 Å². The fourth-order valence-electron chi connectivity index (χ4n) is 3.77. The van der Waals surface area contributed by atoms with Crippen LogP contribution >= 0.6 is 0 Å². The molecule has 1 N–H and O–H groups in total. The number of rotatable bonds is 6. The summed E-state index contributed by atoms with van der Waals surface area (Å²) >= 11 is 0. The minimum atomic E-state index is 0.448. The number of aromatic nitrogens is 2. The highest BCUT2D eigenvalue weighted by Crippen LogP contribution is 2.27. The molecule has 0 fully saturated rings. The molecule has 2 heterocycles. The van der Waals surface area contributed by atoms with Gasteiger partial charge < -0.3 is 9.88 Å². The number of fused-ring (bicyclic) bond motifs is 2. The van der Waals surface area contributed by atoms with Gasteiger partial charge in [-0.1, -0.05) is 30.3 Å². The van der Waals surface area contributed by atoms with E-state index in [1.54, 1.807) is 0 Å². The number of hydrogen-bond acceptors (Lipinski definition) is 2. The Hall–Kier alpha value is -2.13. The van der Waals surface area contributed by atoms with E-state index in [0.29, 0.717) is 6.04 Å². The number of unbranched alkanes of at least 4 members (excludes halogenated alkanes) is 1. The number of aryl methyl sites for hydroxylation is 2. The first-order chi connectivity index (χ1) is 11.9. The number of benzene rings is 1. The van der Waals surface area contributed by atoms with Crippen molar-refractivity contribution < 1.29 is 0 Å². The Kier molecular flexibility index (Phi) is 4.61. The molecule has 3 aromatic rings. The highest BCUT2D eigenvalue weighted by atomic mass is 15.0. The number of nitrogens with one attached hydrogen (secondary N) is 1. The van der Waals surface area contributed by atoms with E-state index in [4.69, 9.17) is 0 Å². The minimum Gasteiger partial charge on any atom is -0.353 e. The van der Waals surface area contributed by atoms with Crippen LogP contribution in [0.2, 0.25) is 0 Å². The molecule has 0 radical (unpaired) electrons. The van der Waals surface area contributed by atoms with Gasteiger partial charge in [0.1, 0.15) is 0 Å². The first-order valence-electron chi connectivity index (χ1n) is 9.12. The van der Waals surface area contributed by atoms with Crippen LogP contribution in [0, 0.1) is 0 Å². The molecule has 0 saturated carbocycles. The lowest BCUT2D eigenvalue weighted by Crippen LogP contribution is -2.27. The predicted molar refractivity (Wildman–Crippen MR) is 99.1 cm³/mol. The van der Waals surface area contributed by atoms with Gasteiger partial charge in [-0.3, -0.25) is 4.98 Å². The number of nitrogens with zero attached hydrogens (tertiary/aromatic N) is 2. The molecule has 24 heavy (non-hydrogen) atoms. The van der Waals surface area contributed by atoms with Crippen LogP contribution in [0.1, 0.15) is 43.0 Å². The molecule has 1 aliphatic rings. The van der Waals surface area contributed by atoms with Crippen LogP contribution in [0.5, 0.6) is 0 Å². The molecule has 0 aliphatic heterocycles. The van der Waals surface area contributed by atoms with E-state index in [9.17, 15) is 0 Å². The second-order valence-electron chi connectivity index (χ2n) is 6.78. The smallest absolute Gasteiger partial charge is 0.0605 e. The maximum Gasteiger partial charge on any atom is 0.0605 e. The Labute approximate surface area is 143 Å². The van der Waals surface area contributed by atoms with Crippen LogP contribution in [0.25, 0.3) is 10.8 Å². The lowest BCUT2D eigenvalue weighted by atomic mass is 9.92. The maximum absolute atomic E-state index is 4.60. The summed E-state index contributed by atoms with van der Waals surface area (Å²) in [6.07, 6.45) is 12.5. The van der Waals surface area contributed by atoms with Crippen LogP contribution in [0.4, 0.5) is 0 Å². The van der Waals surface area contributed by atoms with Crippen molar-refractivity contribution in [2.45, 2.75) is 44.7 Å². The molecule has 0 saturated heterocycles. The Morgan fingerprint density at radius 1 is 1.04 bits per heavy atom. The molecule has 4 rings (SSSR count). The summed E-state index contributed by atoms with van der Waals surface area (Å²) in [5.74, 6) is 0. The van der Waals surface area contributed by atoms with E-state index in [-0.39, 0.29) is 0 Å². The highest BCUT2D eigenvalue weighted by Gasteiger charge is 2.20. The zero-order chi connectivity index (χ0) is 16.2. The van der Waals surface area contributed by atoms with Gasteiger partial charge in [0.05, 0.1) is 5.69 Å². The van der Waals surface area contributed by atoms with Crippen molar-refractivity contribution in [2.75, 3.05) is 6.54 Å². The van der Waals surface area contributed by atoms with Crippen molar-refractivity contribution in [1.82, 2.24) is 14.9 Å². The summed E-state index contributed by atoms with van der Waals surface area (Å²) in [5.41, 5.74) is 2.71. The van der Waals surface area contributed by atoms with E-state index in [1.165, 1.54) is 54.1 Å². The molecule has 2 aromatic heterocycles. The zero-order valence-corrected chi connectivity index (χ0v) is 14.1. The molecule has 0 bridgehead atoms. The van der Waals surface area contributed by atoms with E-state index < -0.39 is 0 Å². The van der Waals surface area contributed by atoms with Gasteiger partial charge in [0.2, 0.25) is 0 Å². The quantitative estimate of drug-likeness (QED) is 0.679. The lowest BCUT2D eigenvalue weighted by molar-refractivity contribution is 0.437. The van der Waals surface area contributed by atoms with Crippen molar-refractivity contribution in [1.29, 1.82) is 0 Å². The summed E-state index contributed by atoms with van der Waals surface area (Å²) < 4.78 is 2.32. The van der Waals surface area contributed by atoms with E-state index >= 15 is 0 Å². The Balaban J connectivity index is 1.25. The van der Waals surface area contributed by atoms with Crippen LogP contribution in [0.3, 0.4) is 0 Å². The van der Waals surface area contributed by atoms with Crippen LogP contribution < -0.4 is 5.32 Å². The van der Waals surface area contributed by atoms with E-state index in [1.807, 2.05) is 6.20 Å². The fraction of sp³-hybridized carbons (Fsp3) is 0.381.